The van der Waals surface area contributed by atoms with Gasteiger partial charge >= 0.3 is 0 Å². The van der Waals surface area contributed by atoms with Gasteiger partial charge in [0, 0.05) is 37.6 Å². The zero-order valence-corrected chi connectivity index (χ0v) is 11.0. The Balaban J connectivity index is 1.74. The second kappa shape index (κ2) is 5.89. The zero-order chi connectivity index (χ0) is 13.0. The van der Waals surface area contributed by atoms with Crippen molar-refractivity contribution < 1.29 is 5.11 Å². The van der Waals surface area contributed by atoms with E-state index >= 15 is 0 Å². The Hall–Kier alpha value is -1.52. The normalized spacial score (nSPS) is 10.8. The summed E-state index contributed by atoms with van der Waals surface area (Å²) in [6.45, 7) is 1.62. The van der Waals surface area contributed by atoms with Crippen LogP contribution in [0.5, 0.6) is 5.88 Å². The number of halogens is 1. The first kappa shape index (κ1) is 12.9. The molecule has 0 saturated carbocycles. The lowest BCUT2D eigenvalue weighted by atomic mass is 10.2. The van der Waals surface area contributed by atoms with Gasteiger partial charge < -0.3 is 10.4 Å². The molecule has 2 aromatic rings. The van der Waals surface area contributed by atoms with Crippen molar-refractivity contribution in [2.75, 3.05) is 6.54 Å². The number of hydrogen-bond donors (Lipinski definition) is 2. The fourth-order valence-electron chi connectivity index (χ4n) is 1.69. The number of benzene rings is 1. The molecule has 0 unspecified atom stereocenters. The Bertz CT molecular complexity index is 488. The van der Waals surface area contributed by atoms with Crippen molar-refractivity contribution in [1.29, 1.82) is 0 Å². The average molecular weight is 266 g/mol. The molecule has 0 radical (unpaired) electrons. The predicted octanol–water partition coefficient (Wildman–Crippen LogP) is 2.11. The van der Waals surface area contributed by atoms with E-state index in [9.17, 15) is 5.11 Å². The maximum atomic E-state index is 9.37. The highest BCUT2D eigenvalue weighted by Gasteiger charge is 2.02. The third-order valence-electron chi connectivity index (χ3n) is 2.71. The van der Waals surface area contributed by atoms with Gasteiger partial charge in [-0.15, -0.1) is 0 Å². The Morgan fingerprint density at radius 1 is 1.33 bits per heavy atom. The fraction of sp³-hybridized carbons (Fsp3) is 0.308. The van der Waals surface area contributed by atoms with Crippen LogP contribution in [0.4, 0.5) is 0 Å². The summed E-state index contributed by atoms with van der Waals surface area (Å²) in [6.07, 6.45) is 0.794. The third kappa shape index (κ3) is 3.48. The van der Waals surface area contributed by atoms with Gasteiger partial charge in [-0.2, -0.15) is 5.10 Å². The van der Waals surface area contributed by atoms with Gasteiger partial charge in [-0.3, -0.25) is 0 Å². The molecule has 1 aromatic heterocycles. The van der Waals surface area contributed by atoms with E-state index in [0.29, 0.717) is 0 Å². The second-order valence-electron chi connectivity index (χ2n) is 4.17. The molecule has 4 nitrogen and oxygen atoms in total. The number of hydrogen-bond acceptors (Lipinski definition) is 3. The van der Waals surface area contributed by atoms with Crippen LogP contribution < -0.4 is 5.32 Å². The first-order valence-corrected chi connectivity index (χ1v) is 6.20. The van der Waals surface area contributed by atoms with E-state index in [1.807, 2.05) is 24.3 Å². The van der Waals surface area contributed by atoms with Gasteiger partial charge in [0.25, 0.3) is 0 Å². The topological polar surface area (TPSA) is 50.1 Å². The van der Waals surface area contributed by atoms with Crippen LogP contribution >= 0.6 is 11.6 Å². The van der Waals surface area contributed by atoms with E-state index in [4.69, 9.17) is 11.6 Å². The Kier molecular flexibility index (Phi) is 4.23. The van der Waals surface area contributed by atoms with Crippen LogP contribution in [-0.4, -0.2) is 21.4 Å². The molecule has 0 aliphatic rings. The highest BCUT2D eigenvalue weighted by atomic mass is 35.5. The van der Waals surface area contributed by atoms with Crippen LogP contribution in [0, 0.1) is 0 Å². The van der Waals surface area contributed by atoms with E-state index < -0.39 is 0 Å². The lowest BCUT2D eigenvalue weighted by Crippen LogP contribution is -2.16. The number of aryl methyl sites for hydroxylation is 1. The molecule has 1 heterocycles. The molecule has 0 atom stereocenters. The van der Waals surface area contributed by atoms with Crippen molar-refractivity contribution in [3.05, 3.63) is 46.6 Å². The van der Waals surface area contributed by atoms with E-state index in [1.54, 1.807) is 13.1 Å². The molecule has 1 aromatic carbocycles. The predicted molar refractivity (Wildman–Crippen MR) is 71.7 cm³/mol. The standard InChI is InChI=1S/C13H16ClN3O/c1-17-13(18)8-12(16-17)6-7-15-9-10-2-4-11(14)5-3-10/h2-5,8,15,18H,6-7,9H2,1H3. The van der Waals surface area contributed by atoms with Crippen molar-refractivity contribution in [2.24, 2.45) is 7.05 Å². The summed E-state index contributed by atoms with van der Waals surface area (Å²) in [6, 6.07) is 9.46. The summed E-state index contributed by atoms with van der Waals surface area (Å²) in [7, 11) is 1.72. The second-order valence-corrected chi connectivity index (χ2v) is 4.61. The minimum atomic E-state index is 0.197. The summed E-state index contributed by atoms with van der Waals surface area (Å²) in [5.41, 5.74) is 2.09. The van der Waals surface area contributed by atoms with Gasteiger partial charge in [0.1, 0.15) is 0 Å². The maximum Gasteiger partial charge on any atom is 0.209 e. The van der Waals surface area contributed by atoms with Crippen molar-refractivity contribution in [1.82, 2.24) is 15.1 Å². The first-order chi connectivity index (χ1) is 8.65. The minimum absolute atomic E-state index is 0.197. The molecule has 5 heteroatoms. The van der Waals surface area contributed by atoms with E-state index in [1.165, 1.54) is 10.2 Å². The molecule has 0 amide bonds. The molecule has 0 fully saturated rings. The molecule has 0 spiro atoms. The highest BCUT2D eigenvalue weighted by molar-refractivity contribution is 6.30. The van der Waals surface area contributed by atoms with E-state index in [2.05, 4.69) is 10.4 Å². The van der Waals surface area contributed by atoms with E-state index in [-0.39, 0.29) is 5.88 Å². The van der Waals surface area contributed by atoms with Gasteiger partial charge in [0.2, 0.25) is 5.88 Å². The van der Waals surface area contributed by atoms with Crippen molar-refractivity contribution >= 4 is 11.6 Å². The quantitative estimate of drug-likeness (QED) is 0.814. The van der Waals surface area contributed by atoms with Gasteiger partial charge in [-0.25, -0.2) is 4.68 Å². The van der Waals surface area contributed by atoms with Crippen LogP contribution in [0.1, 0.15) is 11.3 Å². The summed E-state index contributed by atoms with van der Waals surface area (Å²) < 4.78 is 1.47. The molecule has 96 valence electrons. The van der Waals surface area contributed by atoms with Gasteiger partial charge in [0.15, 0.2) is 0 Å². The third-order valence-corrected chi connectivity index (χ3v) is 2.96. The minimum Gasteiger partial charge on any atom is -0.493 e. The molecule has 0 aliphatic carbocycles. The molecule has 0 bridgehead atoms. The number of aromatic nitrogens is 2. The molecule has 0 saturated heterocycles. The van der Waals surface area contributed by atoms with Gasteiger partial charge in [-0.1, -0.05) is 23.7 Å². The van der Waals surface area contributed by atoms with Crippen LogP contribution in [0.15, 0.2) is 30.3 Å². The zero-order valence-electron chi connectivity index (χ0n) is 10.2. The lowest BCUT2D eigenvalue weighted by Gasteiger charge is -2.03. The molecule has 2 rings (SSSR count). The van der Waals surface area contributed by atoms with Crippen molar-refractivity contribution in [3.63, 3.8) is 0 Å². The van der Waals surface area contributed by atoms with Crippen LogP contribution in [0.2, 0.25) is 5.02 Å². The smallest absolute Gasteiger partial charge is 0.209 e. The number of nitrogens with zero attached hydrogens (tertiary/aromatic N) is 2. The summed E-state index contributed by atoms with van der Waals surface area (Å²) in [4.78, 5) is 0. The number of nitrogens with one attached hydrogen (secondary N) is 1. The SMILES string of the molecule is Cn1nc(CCNCc2ccc(Cl)cc2)cc1O. The monoisotopic (exact) mass is 265 g/mol. The first-order valence-electron chi connectivity index (χ1n) is 5.82. The van der Waals surface area contributed by atoms with Gasteiger partial charge in [0.05, 0.1) is 5.69 Å². The lowest BCUT2D eigenvalue weighted by molar-refractivity contribution is 0.419. The van der Waals surface area contributed by atoms with Crippen LogP contribution in [0.3, 0.4) is 0 Å². The van der Waals surface area contributed by atoms with Gasteiger partial charge in [-0.05, 0) is 17.7 Å². The van der Waals surface area contributed by atoms with Crippen LogP contribution in [-0.2, 0) is 20.0 Å². The molecular weight excluding hydrogens is 250 g/mol. The molecule has 2 N–H and O–H groups in total. The Labute approximate surface area is 111 Å². The van der Waals surface area contributed by atoms with Crippen molar-refractivity contribution in [3.8, 4) is 5.88 Å². The van der Waals surface area contributed by atoms with Crippen molar-refractivity contribution in [2.45, 2.75) is 13.0 Å². The highest BCUT2D eigenvalue weighted by Crippen LogP contribution is 2.10. The Morgan fingerprint density at radius 2 is 2.06 bits per heavy atom. The number of aromatic hydroxyl groups is 1. The molecule has 0 aliphatic heterocycles. The van der Waals surface area contributed by atoms with E-state index in [0.717, 1.165) is 30.2 Å². The Morgan fingerprint density at radius 3 is 2.67 bits per heavy atom. The summed E-state index contributed by atoms with van der Waals surface area (Å²) >= 11 is 5.82. The molecule has 18 heavy (non-hydrogen) atoms. The summed E-state index contributed by atoms with van der Waals surface area (Å²) in [5, 5.41) is 17.6. The largest absolute Gasteiger partial charge is 0.493 e. The van der Waals surface area contributed by atoms with Crippen LogP contribution in [0.25, 0.3) is 0 Å². The summed E-state index contributed by atoms with van der Waals surface area (Å²) in [5.74, 6) is 0.197. The average Bonchev–Trinajstić information content (AvgIpc) is 2.67. The maximum absolute atomic E-state index is 9.37. The molecular formula is C13H16ClN3O. The number of rotatable bonds is 5. The fourth-order valence-corrected chi connectivity index (χ4v) is 1.81.